The summed E-state index contributed by atoms with van der Waals surface area (Å²) in [6.07, 6.45) is 0. The number of hydrogen-bond acceptors (Lipinski definition) is 3. The highest BCUT2D eigenvalue weighted by Crippen LogP contribution is 1.86. The van der Waals surface area contributed by atoms with E-state index in [1.54, 1.807) is 0 Å². The van der Waals surface area contributed by atoms with Crippen molar-refractivity contribution in [1.29, 1.82) is 0 Å². The molecule has 0 fully saturated rings. The van der Waals surface area contributed by atoms with E-state index in [1.807, 2.05) is 0 Å². The van der Waals surface area contributed by atoms with Gasteiger partial charge in [0.2, 0.25) is 0 Å². The maximum Gasteiger partial charge on any atom is 0.413 e. The first-order valence-electron chi connectivity index (χ1n) is 0.837. The van der Waals surface area contributed by atoms with Gasteiger partial charge in [0.25, 0.3) is 0 Å². The second-order valence-corrected chi connectivity index (χ2v) is 1.85. The van der Waals surface area contributed by atoms with Crippen molar-refractivity contribution in [3.8, 4) is 0 Å². The van der Waals surface area contributed by atoms with Gasteiger partial charge in [-0.05, 0) is 0 Å². The van der Waals surface area contributed by atoms with Gasteiger partial charge in [0, 0.05) is 0 Å². The molecule has 0 aliphatic heterocycles. The maximum atomic E-state index is 9.20. The first-order chi connectivity index (χ1) is 2.56. The second-order valence-electron chi connectivity index (χ2n) is 0.491. The Kier molecular flexibility index (Phi) is 5.99. The molecule has 0 unspecified atom stereocenters. The van der Waals surface area contributed by atoms with Crippen molar-refractivity contribution in [2.75, 3.05) is 0 Å². The van der Waals surface area contributed by atoms with Crippen LogP contribution in [0, 0.1) is 0 Å². The van der Waals surface area contributed by atoms with Crippen LogP contribution in [0.25, 0.3) is 0 Å². The number of rotatable bonds is 1. The van der Waals surface area contributed by atoms with Crippen molar-refractivity contribution in [2.45, 2.75) is 0 Å². The van der Waals surface area contributed by atoms with Crippen LogP contribution in [0.1, 0.15) is 0 Å². The molecule has 7 heteroatoms. The minimum absolute atomic E-state index is 0. The van der Waals surface area contributed by atoms with Crippen LogP contribution in [0.5, 0.6) is 0 Å². The quantitative estimate of drug-likeness (QED) is 0.395. The van der Waals surface area contributed by atoms with E-state index in [0.717, 1.165) is 0 Å². The molecule has 0 spiro atoms. The van der Waals surface area contributed by atoms with Gasteiger partial charge in [-0.2, -0.15) is 8.42 Å². The molecule has 0 aromatic carbocycles. The minimum atomic E-state index is -4.40. The zero-order valence-corrected chi connectivity index (χ0v) is 4.03. The first kappa shape index (κ1) is 10.8. The summed E-state index contributed by atoms with van der Waals surface area (Å²) in [7, 11) is -4.40. The van der Waals surface area contributed by atoms with Crippen LogP contribution in [0.3, 0.4) is 0 Å². The Balaban J connectivity index is 0. The summed E-state index contributed by atoms with van der Waals surface area (Å²) in [6.45, 7) is 0. The molecule has 0 aromatic rings. The van der Waals surface area contributed by atoms with Crippen molar-refractivity contribution in [2.24, 2.45) is 0 Å². The van der Waals surface area contributed by atoms with E-state index in [-0.39, 0.29) is 23.1 Å². The highest BCUT2D eigenvalue weighted by Gasteiger charge is 1.97. The Morgan fingerprint density at radius 2 is 1.71 bits per heavy atom. The second kappa shape index (κ2) is 3.87. The summed E-state index contributed by atoms with van der Waals surface area (Å²) >= 11 is 4.14. The topological polar surface area (TPSA) is 63.6 Å². The van der Waals surface area contributed by atoms with Crippen molar-refractivity contribution in [1.82, 2.24) is 0 Å². The molecule has 42 valence electrons. The van der Waals surface area contributed by atoms with Gasteiger partial charge in [0.15, 0.2) is 0 Å². The smallest absolute Gasteiger partial charge is 0.263 e. The SMILES string of the molecule is O=S(=O)(O)OCl.[MgH2]. The molecule has 4 nitrogen and oxygen atoms in total. The highest BCUT2D eigenvalue weighted by atomic mass is 35.5. The molecule has 1 N–H and O–H groups in total. The third-order valence-electron chi connectivity index (χ3n) is 0.0796. The van der Waals surface area contributed by atoms with Crippen molar-refractivity contribution in [3.05, 3.63) is 0 Å². The standard InChI is InChI=1S/ClHO4S.Mg.2H/c1-5-6(2,3)4;;;/h(H,2,3,4);;;. The molecule has 0 amide bonds. The third kappa shape index (κ3) is 10.9. The Morgan fingerprint density at radius 1 is 1.57 bits per heavy atom. The monoisotopic (exact) mass is 158 g/mol. The lowest BCUT2D eigenvalue weighted by Crippen LogP contribution is -1.92. The number of hydrogen-bond donors (Lipinski definition) is 1. The largest absolute Gasteiger partial charge is 0.413 e. The molecule has 0 saturated carbocycles. The Hall–Kier alpha value is 0.926. The Morgan fingerprint density at radius 3 is 1.71 bits per heavy atom. The summed E-state index contributed by atoms with van der Waals surface area (Å²) in [5.74, 6) is 0. The average molecular weight is 159 g/mol. The molecule has 0 saturated heterocycles. The van der Waals surface area contributed by atoms with E-state index in [1.165, 1.54) is 0 Å². The fourth-order valence-corrected chi connectivity index (χ4v) is 0. The van der Waals surface area contributed by atoms with Crippen LogP contribution in [-0.2, 0) is 14.1 Å². The summed E-state index contributed by atoms with van der Waals surface area (Å²) in [4.78, 5) is 0. The van der Waals surface area contributed by atoms with E-state index < -0.39 is 10.4 Å². The van der Waals surface area contributed by atoms with Crippen LogP contribution in [0.2, 0.25) is 0 Å². The van der Waals surface area contributed by atoms with Crippen LogP contribution in [0.4, 0.5) is 0 Å². The molecule has 0 rings (SSSR count). The zero-order chi connectivity index (χ0) is 5.21. The van der Waals surface area contributed by atoms with Crippen LogP contribution < -0.4 is 0 Å². The summed E-state index contributed by atoms with van der Waals surface area (Å²) in [6, 6.07) is 0. The highest BCUT2D eigenvalue weighted by molar-refractivity contribution is 7.81. The summed E-state index contributed by atoms with van der Waals surface area (Å²) in [5.41, 5.74) is 0. The van der Waals surface area contributed by atoms with Gasteiger partial charge in [-0.1, -0.05) is 0 Å². The van der Waals surface area contributed by atoms with Crippen molar-refractivity contribution >= 4 is 45.3 Å². The number of halogens is 1. The first-order valence-corrected chi connectivity index (χ1v) is 2.51. The molecule has 0 bridgehead atoms. The lowest BCUT2D eigenvalue weighted by Gasteiger charge is -1.77. The van der Waals surface area contributed by atoms with Gasteiger partial charge in [-0.25, -0.2) is 0 Å². The third-order valence-corrected chi connectivity index (χ3v) is 0.716. The van der Waals surface area contributed by atoms with Gasteiger partial charge < -0.3 is 0 Å². The predicted molar refractivity (Wildman–Crippen MR) is 27.0 cm³/mol. The van der Waals surface area contributed by atoms with E-state index in [0.29, 0.717) is 0 Å². The van der Waals surface area contributed by atoms with Gasteiger partial charge in [-0.15, -0.1) is 3.74 Å². The van der Waals surface area contributed by atoms with Crippen LogP contribution >= 0.6 is 11.9 Å². The summed E-state index contributed by atoms with van der Waals surface area (Å²) < 4.78 is 28.8. The fourth-order valence-electron chi connectivity index (χ4n) is 0. The molecular formula is H3ClMgO4S. The zero-order valence-electron chi connectivity index (χ0n) is 2.46. The Bertz CT molecular complexity index is 114. The van der Waals surface area contributed by atoms with Gasteiger partial charge in [0.05, 0.1) is 11.9 Å². The van der Waals surface area contributed by atoms with Crippen LogP contribution in [-0.4, -0.2) is 36.0 Å². The van der Waals surface area contributed by atoms with E-state index >= 15 is 0 Å². The molecule has 0 radical (unpaired) electrons. The molecular weight excluding hydrogens is 156 g/mol. The maximum absolute atomic E-state index is 9.20. The van der Waals surface area contributed by atoms with Crippen molar-refractivity contribution < 1.29 is 16.7 Å². The molecule has 0 aliphatic rings. The molecule has 0 aromatic heterocycles. The van der Waals surface area contributed by atoms with Crippen LogP contribution in [0.15, 0.2) is 0 Å². The molecule has 0 atom stereocenters. The van der Waals surface area contributed by atoms with Gasteiger partial charge in [-0.3, -0.25) is 4.55 Å². The van der Waals surface area contributed by atoms with E-state index in [4.69, 9.17) is 4.55 Å². The van der Waals surface area contributed by atoms with Gasteiger partial charge >= 0.3 is 33.5 Å². The average Bonchev–Trinajstić information content (AvgIpc) is 1.35. The lowest BCUT2D eigenvalue weighted by molar-refractivity contribution is 0.400. The van der Waals surface area contributed by atoms with E-state index in [9.17, 15) is 8.42 Å². The Labute approximate surface area is 62.1 Å². The van der Waals surface area contributed by atoms with E-state index in [2.05, 4.69) is 15.6 Å². The fraction of sp³-hybridized carbons (Fsp3) is 0. The summed E-state index contributed by atoms with van der Waals surface area (Å²) in [5, 5.41) is 0. The van der Waals surface area contributed by atoms with Gasteiger partial charge in [0.1, 0.15) is 0 Å². The van der Waals surface area contributed by atoms with Crippen molar-refractivity contribution in [3.63, 3.8) is 0 Å². The molecule has 0 heterocycles. The normalized spacial score (nSPS) is 10.0. The predicted octanol–water partition coefficient (Wildman–Crippen LogP) is -0.957. The molecule has 7 heavy (non-hydrogen) atoms. The minimum Gasteiger partial charge on any atom is -0.263 e. The lowest BCUT2D eigenvalue weighted by atomic mass is 15.8. The molecule has 0 aliphatic carbocycles.